The molecule has 20 heavy (non-hydrogen) atoms. The highest BCUT2D eigenvalue weighted by Crippen LogP contribution is 2.36. The SMILES string of the molecule is O=P(O)(O)c1cc(O)ccc1CCc1cccc(O)c1. The van der Waals surface area contributed by atoms with Crippen LogP contribution in [0.5, 0.6) is 11.5 Å². The van der Waals surface area contributed by atoms with Gasteiger partial charge in [0.1, 0.15) is 11.5 Å². The van der Waals surface area contributed by atoms with E-state index >= 15 is 0 Å². The van der Waals surface area contributed by atoms with Crippen LogP contribution in [0.15, 0.2) is 42.5 Å². The van der Waals surface area contributed by atoms with E-state index in [1.165, 1.54) is 12.1 Å². The molecule has 0 aromatic heterocycles. The Bertz CT molecular complexity index is 662. The van der Waals surface area contributed by atoms with E-state index in [0.717, 1.165) is 11.6 Å². The number of hydrogen-bond donors (Lipinski definition) is 4. The molecule has 0 saturated heterocycles. The second-order valence-corrected chi connectivity index (χ2v) is 6.10. The molecule has 4 N–H and O–H groups in total. The molecule has 2 aromatic rings. The first kappa shape index (κ1) is 14.6. The Morgan fingerprint density at radius 2 is 1.60 bits per heavy atom. The van der Waals surface area contributed by atoms with Crippen LogP contribution in [0.1, 0.15) is 11.1 Å². The van der Waals surface area contributed by atoms with Crippen molar-refractivity contribution in [2.24, 2.45) is 0 Å². The molecule has 0 heterocycles. The van der Waals surface area contributed by atoms with Crippen LogP contribution in [0.3, 0.4) is 0 Å². The summed E-state index contributed by atoms with van der Waals surface area (Å²) in [6.45, 7) is 0. The fraction of sp³-hybridized carbons (Fsp3) is 0.143. The summed E-state index contributed by atoms with van der Waals surface area (Å²) in [7, 11) is -4.42. The lowest BCUT2D eigenvalue weighted by atomic mass is 10.0. The van der Waals surface area contributed by atoms with Gasteiger partial charge < -0.3 is 20.0 Å². The van der Waals surface area contributed by atoms with Gasteiger partial charge in [-0.15, -0.1) is 0 Å². The van der Waals surface area contributed by atoms with Crippen LogP contribution in [-0.4, -0.2) is 20.0 Å². The van der Waals surface area contributed by atoms with Gasteiger partial charge in [-0.2, -0.15) is 0 Å². The van der Waals surface area contributed by atoms with Gasteiger partial charge >= 0.3 is 7.60 Å². The zero-order valence-corrected chi connectivity index (χ0v) is 11.5. The molecule has 0 saturated carbocycles. The number of hydrogen-bond acceptors (Lipinski definition) is 3. The third-order valence-electron chi connectivity index (χ3n) is 2.98. The molecule has 0 aliphatic heterocycles. The second kappa shape index (κ2) is 5.67. The molecule has 0 bridgehead atoms. The van der Waals surface area contributed by atoms with Crippen molar-refractivity contribution in [3.05, 3.63) is 53.6 Å². The van der Waals surface area contributed by atoms with E-state index in [1.54, 1.807) is 18.2 Å². The van der Waals surface area contributed by atoms with E-state index in [4.69, 9.17) is 0 Å². The predicted octanol–water partition coefficient (Wildman–Crippen LogP) is 1.69. The Labute approximate surface area is 116 Å². The number of phenolic OH excluding ortho intramolecular Hbond substituents is 2. The van der Waals surface area contributed by atoms with E-state index in [0.29, 0.717) is 18.4 Å². The largest absolute Gasteiger partial charge is 0.508 e. The molecular formula is C14H15O5P. The Kier molecular flexibility index (Phi) is 4.14. The second-order valence-electron chi connectivity index (χ2n) is 4.53. The average molecular weight is 294 g/mol. The van der Waals surface area contributed by atoms with Gasteiger partial charge in [-0.3, -0.25) is 4.57 Å². The highest BCUT2D eigenvalue weighted by molar-refractivity contribution is 7.60. The Hall–Kier alpha value is -1.81. The quantitative estimate of drug-likeness (QED) is 0.643. The minimum Gasteiger partial charge on any atom is -0.508 e. The minimum absolute atomic E-state index is 0.155. The normalized spacial score (nSPS) is 11.5. The first-order chi connectivity index (χ1) is 9.36. The fourth-order valence-electron chi connectivity index (χ4n) is 2.03. The molecule has 6 heteroatoms. The fourth-order valence-corrected chi connectivity index (χ4v) is 2.89. The van der Waals surface area contributed by atoms with Crippen molar-refractivity contribution >= 4 is 12.9 Å². The summed E-state index contributed by atoms with van der Waals surface area (Å²) < 4.78 is 11.4. The van der Waals surface area contributed by atoms with Crippen molar-refractivity contribution in [2.75, 3.05) is 0 Å². The van der Waals surface area contributed by atoms with E-state index in [1.807, 2.05) is 6.07 Å². The molecule has 0 fully saturated rings. The highest BCUT2D eigenvalue weighted by atomic mass is 31.2. The van der Waals surface area contributed by atoms with E-state index in [2.05, 4.69) is 0 Å². The van der Waals surface area contributed by atoms with Crippen molar-refractivity contribution in [1.82, 2.24) is 0 Å². The minimum atomic E-state index is -4.42. The van der Waals surface area contributed by atoms with Crippen molar-refractivity contribution in [3.63, 3.8) is 0 Å². The predicted molar refractivity (Wildman–Crippen MR) is 75.3 cm³/mol. The smallest absolute Gasteiger partial charge is 0.356 e. The zero-order valence-electron chi connectivity index (χ0n) is 10.6. The summed E-state index contributed by atoms with van der Waals surface area (Å²) >= 11 is 0. The van der Waals surface area contributed by atoms with Gasteiger partial charge in [0.2, 0.25) is 0 Å². The van der Waals surface area contributed by atoms with Crippen LogP contribution in [-0.2, 0) is 17.4 Å². The summed E-state index contributed by atoms with van der Waals surface area (Å²) in [5.74, 6) is -0.0205. The van der Waals surface area contributed by atoms with Crippen molar-refractivity contribution < 1.29 is 24.6 Å². The van der Waals surface area contributed by atoms with Crippen LogP contribution < -0.4 is 5.30 Å². The lowest BCUT2D eigenvalue weighted by Crippen LogP contribution is -2.11. The third-order valence-corrected chi connectivity index (χ3v) is 4.02. The number of aryl methyl sites for hydroxylation is 2. The maximum absolute atomic E-state index is 11.4. The molecule has 0 unspecified atom stereocenters. The van der Waals surface area contributed by atoms with Gasteiger partial charge in [0.05, 0.1) is 5.30 Å². The molecule has 0 aliphatic carbocycles. The molecule has 0 amide bonds. The summed E-state index contributed by atoms with van der Waals surface area (Å²) in [6.07, 6.45) is 0.941. The highest BCUT2D eigenvalue weighted by Gasteiger charge is 2.21. The molecule has 0 spiro atoms. The lowest BCUT2D eigenvalue weighted by Gasteiger charge is -2.11. The summed E-state index contributed by atoms with van der Waals surface area (Å²) in [4.78, 5) is 18.6. The van der Waals surface area contributed by atoms with Gasteiger partial charge in [-0.05, 0) is 48.2 Å². The Balaban J connectivity index is 2.24. The first-order valence-corrected chi connectivity index (χ1v) is 7.63. The first-order valence-electron chi connectivity index (χ1n) is 6.02. The number of rotatable bonds is 4. The van der Waals surface area contributed by atoms with Crippen LogP contribution >= 0.6 is 7.60 Å². The molecule has 106 valence electrons. The molecule has 0 atom stereocenters. The van der Waals surface area contributed by atoms with Crippen LogP contribution in [0, 0.1) is 0 Å². The van der Waals surface area contributed by atoms with E-state index < -0.39 is 7.60 Å². The Morgan fingerprint density at radius 3 is 2.25 bits per heavy atom. The number of aromatic hydroxyl groups is 2. The van der Waals surface area contributed by atoms with Gasteiger partial charge in [0.15, 0.2) is 0 Å². The van der Waals surface area contributed by atoms with Crippen LogP contribution in [0.2, 0.25) is 0 Å². The van der Waals surface area contributed by atoms with Crippen LogP contribution in [0.25, 0.3) is 0 Å². The maximum Gasteiger partial charge on any atom is 0.356 e. The van der Waals surface area contributed by atoms with Crippen LogP contribution in [0.4, 0.5) is 0 Å². The maximum atomic E-state index is 11.4. The Morgan fingerprint density at radius 1 is 0.900 bits per heavy atom. The molecule has 0 radical (unpaired) electrons. The topological polar surface area (TPSA) is 98.0 Å². The van der Waals surface area contributed by atoms with Gasteiger partial charge in [0, 0.05) is 0 Å². The van der Waals surface area contributed by atoms with Crippen molar-refractivity contribution in [3.8, 4) is 11.5 Å². The molecular weight excluding hydrogens is 279 g/mol. The van der Waals surface area contributed by atoms with Crippen molar-refractivity contribution in [1.29, 1.82) is 0 Å². The average Bonchev–Trinajstić information content (AvgIpc) is 2.36. The summed E-state index contributed by atoms with van der Waals surface area (Å²) in [6, 6.07) is 10.7. The lowest BCUT2D eigenvalue weighted by molar-refractivity contribution is 0.386. The van der Waals surface area contributed by atoms with E-state index in [-0.39, 0.29) is 16.8 Å². The summed E-state index contributed by atoms with van der Waals surface area (Å²) in [5, 5.41) is 18.6. The van der Waals surface area contributed by atoms with E-state index in [9.17, 15) is 24.6 Å². The van der Waals surface area contributed by atoms with Gasteiger partial charge in [0.25, 0.3) is 0 Å². The van der Waals surface area contributed by atoms with Gasteiger partial charge in [-0.1, -0.05) is 18.2 Å². The summed E-state index contributed by atoms with van der Waals surface area (Å²) in [5.41, 5.74) is 1.36. The van der Waals surface area contributed by atoms with Gasteiger partial charge in [-0.25, -0.2) is 0 Å². The number of benzene rings is 2. The third kappa shape index (κ3) is 3.61. The molecule has 2 rings (SSSR count). The standard InChI is InChI=1S/C14H15O5P/c15-12-3-1-2-10(8-12)4-5-11-6-7-13(16)9-14(11)20(17,18)19/h1-3,6-9,15-16H,4-5H2,(H2,17,18,19). The molecule has 0 aliphatic rings. The molecule has 5 nitrogen and oxygen atoms in total. The molecule has 2 aromatic carbocycles. The zero-order chi connectivity index (χ0) is 14.8. The monoisotopic (exact) mass is 294 g/mol. The number of phenols is 2. The van der Waals surface area contributed by atoms with Crippen molar-refractivity contribution in [2.45, 2.75) is 12.8 Å².